The fourth-order valence-corrected chi connectivity index (χ4v) is 3.35. The second kappa shape index (κ2) is 6.30. The van der Waals surface area contributed by atoms with E-state index in [-0.39, 0.29) is 5.56 Å². The number of rotatable bonds is 4. The van der Waals surface area contributed by atoms with Crippen LogP contribution in [0.15, 0.2) is 23.1 Å². The molecule has 0 unspecified atom stereocenters. The number of nitrogens with zero attached hydrogens (tertiary/aromatic N) is 4. The van der Waals surface area contributed by atoms with Crippen LogP contribution in [0, 0.1) is 0 Å². The van der Waals surface area contributed by atoms with Gasteiger partial charge in [-0.05, 0) is 12.1 Å². The molecule has 3 heterocycles. The average molecular weight is 290 g/mol. The predicted molar refractivity (Wildman–Crippen MR) is 84.4 cm³/mol. The minimum atomic E-state index is 0.0639. The van der Waals surface area contributed by atoms with E-state index in [4.69, 9.17) is 0 Å². The third-order valence-corrected chi connectivity index (χ3v) is 4.86. The molecule has 5 nitrogen and oxygen atoms in total. The van der Waals surface area contributed by atoms with Crippen molar-refractivity contribution in [3.05, 3.63) is 34.2 Å². The van der Waals surface area contributed by atoms with E-state index in [0.717, 1.165) is 25.7 Å². The van der Waals surface area contributed by atoms with Crippen molar-refractivity contribution in [2.45, 2.75) is 19.5 Å². The average Bonchev–Trinajstić information content (AvgIpc) is 2.46. The Bertz CT molecular complexity index is 527. The number of piperazine rings is 1. The van der Waals surface area contributed by atoms with Crippen molar-refractivity contribution in [1.29, 1.82) is 0 Å². The van der Waals surface area contributed by atoms with Crippen LogP contribution >= 0.6 is 0 Å². The zero-order valence-electron chi connectivity index (χ0n) is 13.2. The van der Waals surface area contributed by atoms with E-state index in [1.165, 1.54) is 38.3 Å². The molecular weight excluding hydrogens is 264 g/mol. The second-order valence-corrected chi connectivity index (χ2v) is 6.30. The first-order valence-electron chi connectivity index (χ1n) is 8.00. The zero-order valence-corrected chi connectivity index (χ0v) is 13.2. The number of likely N-dealkylation sites (N-methyl/N-ethyl adjacent to an activating group) is 1. The van der Waals surface area contributed by atoms with Gasteiger partial charge < -0.3 is 9.47 Å². The van der Waals surface area contributed by atoms with Crippen molar-refractivity contribution in [3.8, 4) is 0 Å². The minimum Gasteiger partial charge on any atom is -0.318 e. The van der Waals surface area contributed by atoms with Crippen molar-refractivity contribution in [3.63, 3.8) is 0 Å². The Morgan fingerprint density at radius 3 is 2.43 bits per heavy atom. The lowest BCUT2D eigenvalue weighted by atomic mass is 10.0. The summed E-state index contributed by atoms with van der Waals surface area (Å²) in [4.78, 5) is 19.0. The molecule has 21 heavy (non-hydrogen) atoms. The smallest absolute Gasteiger partial charge is 0.250 e. The van der Waals surface area contributed by atoms with Gasteiger partial charge in [-0.2, -0.15) is 0 Å². The fraction of sp³-hybridized carbons (Fsp3) is 0.688. The van der Waals surface area contributed by atoms with Crippen molar-refractivity contribution in [1.82, 2.24) is 19.3 Å². The molecule has 0 N–H and O–H groups in total. The standard InChI is InChI=1S/C16H26N4O/c1-3-18-6-8-20(9-7-18)15-12-19(13-15)11-14-4-5-16(21)17(2)10-14/h4-5,10,15H,3,6-9,11-13H2,1-2H3. The highest BCUT2D eigenvalue weighted by Crippen LogP contribution is 2.19. The highest BCUT2D eigenvalue weighted by molar-refractivity contribution is 5.10. The van der Waals surface area contributed by atoms with Crippen molar-refractivity contribution >= 4 is 0 Å². The number of pyridine rings is 1. The molecule has 0 saturated carbocycles. The minimum absolute atomic E-state index is 0.0639. The van der Waals surface area contributed by atoms with Crippen LogP contribution in [-0.4, -0.2) is 71.1 Å². The monoisotopic (exact) mass is 290 g/mol. The predicted octanol–water partition coefficient (Wildman–Crippen LogP) is 0.207. The number of likely N-dealkylation sites (tertiary alicyclic amines) is 1. The van der Waals surface area contributed by atoms with Gasteiger partial charge in [0.1, 0.15) is 0 Å². The summed E-state index contributed by atoms with van der Waals surface area (Å²) in [6.45, 7) is 11.6. The molecule has 2 aliphatic rings. The molecule has 0 spiro atoms. The maximum atomic E-state index is 11.4. The molecule has 0 aromatic carbocycles. The van der Waals surface area contributed by atoms with Gasteiger partial charge in [0.2, 0.25) is 5.56 Å². The molecule has 2 fully saturated rings. The van der Waals surface area contributed by atoms with Crippen molar-refractivity contribution < 1.29 is 0 Å². The van der Waals surface area contributed by atoms with Crippen LogP contribution in [0.2, 0.25) is 0 Å². The van der Waals surface area contributed by atoms with Crippen LogP contribution in [0.4, 0.5) is 0 Å². The Balaban J connectivity index is 1.45. The summed E-state index contributed by atoms with van der Waals surface area (Å²) < 4.78 is 1.66. The first-order chi connectivity index (χ1) is 10.2. The van der Waals surface area contributed by atoms with Crippen LogP contribution in [0.25, 0.3) is 0 Å². The van der Waals surface area contributed by atoms with Crippen LogP contribution in [0.5, 0.6) is 0 Å². The van der Waals surface area contributed by atoms with Gasteiger partial charge in [0.15, 0.2) is 0 Å². The Morgan fingerprint density at radius 1 is 1.10 bits per heavy atom. The highest BCUT2D eigenvalue weighted by atomic mass is 16.1. The molecular formula is C16H26N4O. The van der Waals surface area contributed by atoms with Crippen molar-refractivity contribution in [2.75, 3.05) is 45.8 Å². The van der Waals surface area contributed by atoms with Gasteiger partial charge in [0, 0.05) is 71.2 Å². The number of hydrogen-bond donors (Lipinski definition) is 0. The SMILES string of the molecule is CCN1CCN(C2CN(Cc3ccc(=O)n(C)c3)C2)CC1. The molecule has 1 aromatic heterocycles. The van der Waals surface area contributed by atoms with E-state index < -0.39 is 0 Å². The summed E-state index contributed by atoms with van der Waals surface area (Å²) in [5.41, 5.74) is 1.29. The topological polar surface area (TPSA) is 31.7 Å². The first kappa shape index (κ1) is 14.8. The molecule has 3 rings (SSSR count). The van der Waals surface area contributed by atoms with E-state index in [1.54, 1.807) is 10.6 Å². The van der Waals surface area contributed by atoms with Gasteiger partial charge in [-0.1, -0.05) is 13.0 Å². The summed E-state index contributed by atoms with van der Waals surface area (Å²) in [7, 11) is 1.82. The lowest BCUT2D eigenvalue weighted by Crippen LogP contribution is -2.62. The maximum Gasteiger partial charge on any atom is 0.250 e. The fourth-order valence-electron chi connectivity index (χ4n) is 3.35. The summed E-state index contributed by atoms with van der Waals surface area (Å²) >= 11 is 0. The van der Waals surface area contributed by atoms with Crippen LogP contribution in [0.1, 0.15) is 12.5 Å². The Hall–Kier alpha value is -1.17. The lowest BCUT2D eigenvalue weighted by molar-refractivity contribution is 0.00204. The lowest BCUT2D eigenvalue weighted by Gasteiger charge is -2.48. The Labute approximate surface area is 126 Å². The van der Waals surface area contributed by atoms with E-state index in [9.17, 15) is 4.79 Å². The summed E-state index contributed by atoms with van der Waals surface area (Å²) in [6, 6.07) is 4.35. The highest BCUT2D eigenvalue weighted by Gasteiger charge is 2.32. The summed E-state index contributed by atoms with van der Waals surface area (Å²) in [6.07, 6.45) is 1.95. The van der Waals surface area contributed by atoms with Crippen LogP contribution < -0.4 is 5.56 Å². The zero-order chi connectivity index (χ0) is 14.8. The third-order valence-electron chi connectivity index (χ3n) is 4.86. The third kappa shape index (κ3) is 3.36. The molecule has 1 aromatic rings. The largest absolute Gasteiger partial charge is 0.318 e. The molecule has 0 aliphatic carbocycles. The molecule has 0 amide bonds. The maximum absolute atomic E-state index is 11.4. The van der Waals surface area contributed by atoms with Gasteiger partial charge in [-0.3, -0.25) is 14.6 Å². The molecule has 0 bridgehead atoms. The molecule has 2 aliphatic heterocycles. The Kier molecular flexibility index (Phi) is 4.42. The normalized spacial score (nSPS) is 22.4. The first-order valence-corrected chi connectivity index (χ1v) is 8.00. The van der Waals surface area contributed by atoms with Gasteiger partial charge in [0.25, 0.3) is 0 Å². The van der Waals surface area contributed by atoms with Crippen molar-refractivity contribution in [2.24, 2.45) is 7.05 Å². The van der Waals surface area contributed by atoms with Gasteiger partial charge in [-0.15, -0.1) is 0 Å². The van der Waals surface area contributed by atoms with Gasteiger partial charge >= 0.3 is 0 Å². The second-order valence-electron chi connectivity index (χ2n) is 6.30. The Morgan fingerprint density at radius 2 is 1.81 bits per heavy atom. The molecule has 0 radical (unpaired) electrons. The van der Waals surface area contributed by atoms with E-state index in [0.29, 0.717) is 0 Å². The quantitative estimate of drug-likeness (QED) is 0.793. The number of aromatic nitrogens is 1. The number of aryl methyl sites for hydroxylation is 1. The number of hydrogen-bond acceptors (Lipinski definition) is 4. The summed E-state index contributed by atoms with van der Waals surface area (Å²) in [5, 5.41) is 0. The van der Waals surface area contributed by atoms with Gasteiger partial charge in [-0.25, -0.2) is 0 Å². The van der Waals surface area contributed by atoms with E-state index in [1.807, 2.05) is 19.3 Å². The van der Waals surface area contributed by atoms with E-state index >= 15 is 0 Å². The molecule has 0 atom stereocenters. The van der Waals surface area contributed by atoms with E-state index in [2.05, 4.69) is 21.6 Å². The van der Waals surface area contributed by atoms with Gasteiger partial charge in [0.05, 0.1) is 0 Å². The summed E-state index contributed by atoms with van der Waals surface area (Å²) in [5.74, 6) is 0. The molecule has 2 saturated heterocycles. The molecule has 5 heteroatoms. The molecule has 116 valence electrons. The van der Waals surface area contributed by atoms with Crippen LogP contribution in [0.3, 0.4) is 0 Å². The van der Waals surface area contributed by atoms with Crippen LogP contribution in [-0.2, 0) is 13.6 Å².